The fourth-order valence-electron chi connectivity index (χ4n) is 0.246. The summed E-state index contributed by atoms with van der Waals surface area (Å²) < 4.78 is 0. The Bertz CT molecular complexity index is 64.7. The molecular formula is C4H8NOS. The maximum absolute atomic E-state index is 9.93. The van der Waals surface area contributed by atoms with E-state index in [-0.39, 0.29) is 5.91 Å². The van der Waals surface area contributed by atoms with Gasteiger partial charge < -0.3 is 5.73 Å². The Balaban J connectivity index is 2.82. The molecule has 41 valence electrons. The maximum Gasteiger partial charge on any atom is 0.217 e. The summed E-state index contributed by atoms with van der Waals surface area (Å²) in [4.78, 5) is 9.93. The number of carbonyl (C=O) groups is 1. The second kappa shape index (κ2) is 3.99. The Morgan fingerprint density at radius 2 is 2.29 bits per heavy atom. The lowest BCUT2D eigenvalue weighted by Crippen LogP contribution is -2.09. The summed E-state index contributed by atoms with van der Waals surface area (Å²) >= 11 is 4.56. The van der Waals surface area contributed by atoms with Crippen LogP contribution >= 0.6 is 12.6 Å². The fraction of sp³-hybridized carbons (Fsp3) is 0.750. The summed E-state index contributed by atoms with van der Waals surface area (Å²) in [5.74, 6) is 0.369. The summed E-state index contributed by atoms with van der Waals surface area (Å²) in [6, 6.07) is 0. The first-order chi connectivity index (χ1) is 3.27. The van der Waals surface area contributed by atoms with Crippen molar-refractivity contribution in [2.45, 2.75) is 12.8 Å². The molecule has 0 aliphatic carbocycles. The molecule has 0 fully saturated rings. The van der Waals surface area contributed by atoms with Crippen LogP contribution in [0.2, 0.25) is 0 Å². The molecule has 0 heterocycles. The van der Waals surface area contributed by atoms with E-state index >= 15 is 0 Å². The van der Waals surface area contributed by atoms with Gasteiger partial charge in [-0.25, -0.2) is 0 Å². The van der Waals surface area contributed by atoms with E-state index in [1.807, 2.05) is 0 Å². The van der Waals surface area contributed by atoms with Crippen LogP contribution in [0.3, 0.4) is 0 Å². The Labute approximate surface area is 48.5 Å². The second-order valence-electron chi connectivity index (χ2n) is 1.27. The van der Waals surface area contributed by atoms with E-state index in [0.717, 1.165) is 6.42 Å². The smallest absolute Gasteiger partial charge is 0.217 e. The number of nitrogens with two attached hydrogens (primary N) is 1. The predicted octanol–water partition coefficient (Wildman–Crippen LogP) is 0.449. The van der Waals surface area contributed by atoms with Crippen LogP contribution in [0.1, 0.15) is 12.8 Å². The summed E-state index contributed by atoms with van der Waals surface area (Å²) in [5.41, 5.74) is 4.79. The molecular weight excluding hydrogens is 110 g/mol. The number of rotatable bonds is 3. The highest BCUT2D eigenvalue weighted by molar-refractivity contribution is 7.80. The van der Waals surface area contributed by atoms with Gasteiger partial charge in [-0.3, -0.25) is 4.79 Å². The van der Waals surface area contributed by atoms with Crippen LogP contribution in [-0.4, -0.2) is 11.7 Å². The average Bonchev–Trinajstić information content (AvgIpc) is 1.61. The van der Waals surface area contributed by atoms with Gasteiger partial charge in [0.1, 0.15) is 0 Å². The van der Waals surface area contributed by atoms with Crippen molar-refractivity contribution in [3.05, 3.63) is 0 Å². The third kappa shape index (κ3) is 5.82. The van der Waals surface area contributed by atoms with Crippen LogP contribution in [0.15, 0.2) is 0 Å². The zero-order chi connectivity index (χ0) is 5.70. The molecule has 2 nitrogen and oxygen atoms in total. The summed E-state index contributed by atoms with van der Waals surface area (Å²) in [6.45, 7) is 0. The van der Waals surface area contributed by atoms with Gasteiger partial charge >= 0.3 is 0 Å². The average molecular weight is 118 g/mol. The van der Waals surface area contributed by atoms with E-state index in [2.05, 4.69) is 12.6 Å². The van der Waals surface area contributed by atoms with Gasteiger partial charge in [-0.15, -0.1) is 0 Å². The van der Waals surface area contributed by atoms with E-state index in [9.17, 15) is 4.79 Å². The topological polar surface area (TPSA) is 43.1 Å². The Morgan fingerprint density at radius 3 is 2.43 bits per heavy atom. The first kappa shape index (κ1) is 6.82. The third-order valence-electron chi connectivity index (χ3n) is 0.568. The molecule has 0 atom stereocenters. The molecule has 1 amide bonds. The monoisotopic (exact) mass is 118 g/mol. The maximum atomic E-state index is 9.93. The molecule has 3 heteroatoms. The van der Waals surface area contributed by atoms with Crippen molar-refractivity contribution in [2.75, 3.05) is 5.75 Å². The van der Waals surface area contributed by atoms with Crippen LogP contribution in [0.25, 0.3) is 0 Å². The highest BCUT2D eigenvalue weighted by atomic mass is 32.1. The first-order valence-electron chi connectivity index (χ1n) is 2.14. The summed E-state index contributed by atoms with van der Waals surface area (Å²) in [7, 11) is 0. The van der Waals surface area contributed by atoms with Crippen LogP contribution in [0.5, 0.6) is 0 Å². The van der Waals surface area contributed by atoms with Gasteiger partial charge in [0, 0.05) is 12.2 Å². The molecule has 0 aliphatic heterocycles. The van der Waals surface area contributed by atoms with E-state index in [1.165, 1.54) is 0 Å². The lowest BCUT2D eigenvalue weighted by molar-refractivity contribution is -0.118. The summed E-state index contributed by atoms with van der Waals surface area (Å²) in [5, 5.41) is 0. The zero-order valence-electron chi connectivity index (χ0n) is 4.02. The molecule has 0 spiro atoms. The highest BCUT2D eigenvalue weighted by Crippen LogP contribution is 1.87. The molecule has 0 aromatic heterocycles. The van der Waals surface area contributed by atoms with Crippen molar-refractivity contribution >= 4 is 18.5 Å². The molecule has 0 unspecified atom stereocenters. The molecule has 7 heavy (non-hydrogen) atoms. The van der Waals surface area contributed by atoms with Gasteiger partial charge in [-0.2, -0.15) is 0 Å². The highest BCUT2D eigenvalue weighted by Gasteiger charge is 1.88. The number of carbonyl (C=O) groups excluding carboxylic acids is 1. The van der Waals surface area contributed by atoms with Crippen LogP contribution in [0.4, 0.5) is 0 Å². The first-order valence-corrected chi connectivity index (χ1v) is 2.71. The molecule has 0 aromatic carbocycles. The van der Waals surface area contributed by atoms with E-state index < -0.39 is 0 Å². The van der Waals surface area contributed by atoms with Gasteiger partial charge in [0.25, 0.3) is 0 Å². The Hall–Kier alpha value is -0.180. The minimum absolute atomic E-state index is 0.259. The molecule has 1 radical (unpaired) electrons. The Morgan fingerprint density at radius 1 is 1.71 bits per heavy atom. The van der Waals surface area contributed by atoms with Gasteiger partial charge in [-0.1, -0.05) is 12.6 Å². The quantitative estimate of drug-likeness (QED) is 0.574. The molecule has 2 N–H and O–H groups in total. The molecule has 0 bridgehead atoms. The van der Waals surface area contributed by atoms with E-state index in [4.69, 9.17) is 5.73 Å². The standard InChI is InChI=1S/C4H8NOS/c5-4(6)2-1-3-7/h1-3H2,(H2,5,6). The lowest BCUT2D eigenvalue weighted by Gasteiger charge is -1.85. The molecule has 0 saturated carbocycles. The van der Waals surface area contributed by atoms with Crippen molar-refractivity contribution < 1.29 is 4.79 Å². The van der Waals surface area contributed by atoms with E-state index in [1.54, 1.807) is 0 Å². The van der Waals surface area contributed by atoms with Crippen molar-refractivity contribution in [3.8, 4) is 0 Å². The molecule has 0 saturated heterocycles. The van der Waals surface area contributed by atoms with Gasteiger partial charge in [0.15, 0.2) is 0 Å². The van der Waals surface area contributed by atoms with Crippen LogP contribution < -0.4 is 5.73 Å². The van der Waals surface area contributed by atoms with Gasteiger partial charge in [0.2, 0.25) is 5.91 Å². The van der Waals surface area contributed by atoms with Crippen LogP contribution in [-0.2, 0) is 4.79 Å². The molecule has 0 aliphatic rings. The SMILES string of the molecule is NC(=O)CCC[S]. The second-order valence-corrected chi connectivity index (χ2v) is 1.68. The Kier molecular flexibility index (Phi) is 3.89. The minimum atomic E-state index is -0.259. The number of amides is 1. The predicted molar refractivity (Wildman–Crippen MR) is 30.9 cm³/mol. The van der Waals surface area contributed by atoms with Crippen molar-refractivity contribution in [3.63, 3.8) is 0 Å². The van der Waals surface area contributed by atoms with Crippen molar-refractivity contribution in [1.29, 1.82) is 0 Å². The van der Waals surface area contributed by atoms with E-state index in [0.29, 0.717) is 12.2 Å². The largest absolute Gasteiger partial charge is 0.370 e. The fourth-order valence-corrected chi connectivity index (χ4v) is 0.391. The summed E-state index contributed by atoms with van der Waals surface area (Å²) in [6.07, 6.45) is 1.17. The molecule has 0 rings (SSSR count). The van der Waals surface area contributed by atoms with Crippen molar-refractivity contribution in [2.24, 2.45) is 5.73 Å². The van der Waals surface area contributed by atoms with Crippen molar-refractivity contribution in [1.82, 2.24) is 0 Å². The number of hydrogen-bond donors (Lipinski definition) is 1. The number of hydrogen-bond acceptors (Lipinski definition) is 1. The van der Waals surface area contributed by atoms with Gasteiger partial charge in [-0.05, 0) is 6.42 Å². The van der Waals surface area contributed by atoms with Gasteiger partial charge in [0.05, 0.1) is 0 Å². The number of primary amides is 1. The third-order valence-corrected chi connectivity index (χ3v) is 0.856. The minimum Gasteiger partial charge on any atom is -0.370 e. The zero-order valence-corrected chi connectivity index (χ0v) is 4.83. The lowest BCUT2D eigenvalue weighted by atomic mass is 10.3. The molecule has 0 aromatic rings. The van der Waals surface area contributed by atoms with Crippen LogP contribution in [0, 0.1) is 0 Å². The normalized spacial score (nSPS) is 8.71.